The van der Waals surface area contributed by atoms with E-state index >= 15 is 0 Å². The first-order chi connectivity index (χ1) is 12.6. The van der Waals surface area contributed by atoms with Gasteiger partial charge in [0.1, 0.15) is 11.2 Å². The van der Waals surface area contributed by atoms with E-state index in [0.29, 0.717) is 12.3 Å². The number of ether oxygens (including phenoxy) is 1. The van der Waals surface area contributed by atoms with E-state index < -0.39 is 0 Å². The summed E-state index contributed by atoms with van der Waals surface area (Å²) in [6.45, 7) is 1.50. The molecule has 0 unspecified atom stereocenters. The number of methoxy groups -OCH3 is 1. The van der Waals surface area contributed by atoms with Crippen LogP contribution in [-0.2, 0) is 15.1 Å². The molecule has 4 heterocycles. The Hall–Kier alpha value is -2.41. The summed E-state index contributed by atoms with van der Waals surface area (Å²) in [7, 11) is 1.71. The summed E-state index contributed by atoms with van der Waals surface area (Å²) in [6.07, 6.45) is 9.87. The monoisotopic (exact) mass is 351 g/mol. The number of hydrogen-bond donors (Lipinski definition) is 1. The molecule has 0 radical (unpaired) electrons. The molecule has 1 aliphatic heterocycles. The lowest BCUT2D eigenvalue weighted by Crippen LogP contribution is -2.69. The van der Waals surface area contributed by atoms with Crippen molar-refractivity contribution >= 4 is 28.0 Å². The van der Waals surface area contributed by atoms with Gasteiger partial charge in [0.05, 0.1) is 24.1 Å². The van der Waals surface area contributed by atoms with E-state index in [4.69, 9.17) is 4.74 Å². The summed E-state index contributed by atoms with van der Waals surface area (Å²) >= 11 is 0. The fourth-order valence-corrected chi connectivity index (χ4v) is 5.47. The number of rotatable bonds is 4. The lowest BCUT2D eigenvalue weighted by Gasteiger charge is -2.71. The van der Waals surface area contributed by atoms with E-state index in [0.717, 1.165) is 48.9 Å². The molecule has 26 heavy (non-hydrogen) atoms. The molecule has 4 fully saturated rings. The van der Waals surface area contributed by atoms with Gasteiger partial charge in [-0.1, -0.05) is 0 Å². The van der Waals surface area contributed by atoms with E-state index in [1.807, 2.05) is 23.6 Å². The summed E-state index contributed by atoms with van der Waals surface area (Å²) in [5.74, 6) is 0.291. The molecular formula is C19H21N5O2. The maximum Gasteiger partial charge on any atom is 0.223 e. The van der Waals surface area contributed by atoms with Gasteiger partial charge in [-0.3, -0.25) is 4.79 Å². The van der Waals surface area contributed by atoms with Gasteiger partial charge >= 0.3 is 0 Å². The highest BCUT2D eigenvalue weighted by molar-refractivity contribution is 6.01. The number of carbonyl (C=O) groups excluding carboxylic acids is 1. The molecule has 3 aromatic rings. The quantitative estimate of drug-likeness (QED) is 0.780. The van der Waals surface area contributed by atoms with Gasteiger partial charge in [-0.15, -0.1) is 0 Å². The van der Waals surface area contributed by atoms with Crippen molar-refractivity contribution in [2.24, 2.45) is 5.41 Å². The number of nitrogens with one attached hydrogen (secondary N) is 1. The van der Waals surface area contributed by atoms with Crippen molar-refractivity contribution in [1.29, 1.82) is 0 Å². The Bertz CT molecular complexity index is 1020. The highest BCUT2D eigenvalue weighted by Gasteiger charge is 2.69. The van der Waals surface area contributed by atoms with Crippen molar-refractivity contribution in [1.82, 2.24) is 24.4 Å². The van der Waals surface area contributed by atoms with Gasteiger partial charge in [-0.05, 0) is 30.7 Å². The van der Waals surface area contributed by atoms with Crippen LogP contribution >= 0.6 is 0 Å². The van der Waals surface area contributed by atoms with Crippen molar-refractivity contribution in [3.63, 3.8) is 0 Å². The Kier molecular flexibility index (Phi) is 2.63. The molecule has 0 spiro atoms. The van der Waals surface area contributed by atoms with Crippen LogP contribution in [0.5, 0.6) is 0 Å². The molecule has 2 bridgehead atoms. The standard InChI is InChI=1S/C19H21N5O2/c1-26-12-6-23(7-12)15(25)4-18-8-19(9-18,10-18)24-11-22-14-5-21-17-13(16(14)24)2-3-20-17/h2-3,5,11-12H,4,6-10H2,1H3,(H,20,21). The van der Waals surface area contributed by atoms with Crippen molar-refractivity contribution in [2.45, 2.75) is 37.3 Å². The number of fused-ring (bicyclic) bond motifs is 3. The minimum Gasteiger partial charge on any atom is -0.378 e. The molecule has 3 aromatic heterocycles. The number of carbonyl (C=O) groups is 1. The minimum absolute atomic E-state index is 0.143. The summed E-state index contributed by atoms with van der Waals surface area (Å²) in [5, 5.41) is 1.13. The number of aromatic amines is 1. The summed E-state index contributed by atoms with van der Waals surface area (Å²) in [4.78, 5) is 26.6. The maximum atomic E-state index is 12.5. The number of H-pyrrole nitrogens is 1. The Labute approximate surface area is 150 Å². The van der Waals surface area contributed by atoms with Crippen LogP contribution in [0.15, 0.2) is 24.8 Å². The number of likely N-dealkylation sites (tertiary alicyclic amines) is 1. The topological polar surface area (TPSA) is 76.0 Å². The molecule has 3 saturated carbocycles. The van der Waals surface area contributed by atoms with Crippen molar-refractivity contribution < 1.29 is 9.53 Å². The second-order valence-electron chi connectivity index (χ2n) is 8.43. The molecule has 0 aromatic carbocycles. The van der Waals surface area contributed by atoms with Crippen molar-refractivity contribution in [3.8, 4) is 0 Å². The number of pyridine rings is 1. The van der Waals surface area contributed by atoms with Gasteiger partial charge in [0, 0.05) is 43.7 Å². The number of aromatic nitrogens is 4. The first-order valence-corrected chi connectivity index (χ1v) is 9.22. The molecule has 1 saturated heterocycles. The first kappa shape index (κ1) is 14.7. The van der Waals surface area contributed by atoms with Gasteiger partial charge in [0.2, 0.25) is 5.91 Å². The van der Waals surface area contributed by atoms with E-state index in [9.17, 15) is 4.79 Å². The Morgan fingerprint density at radius 1 is 1.35 bits per heavy atom. The van der Waals surface area contributed by atoms with Crippen LogP contribution in [0.4, 0.5) is 0 Å². The second kappa shape index (κ2) is 4.65. The van der Waals surface area contributed by atoms with Crippen LogP contribution in [0.3, 0.4) is 0 Å². The summed E-state index contributed by atoms with van der Waals surface area (Å²) in [6, 6.07) is 2.07. The average molecular weight is 351 g/mol. The highest BCUT2D eigenvalue weighted by Crippen LogP contribution is 2.73. The third kappa shape index (κ3) is 1.74. The molecule has 0 atom stereocenters. The molecule has 7 nitrogen and oxygen atoms in total. The Morgan fingerprint density at radius 3 is 2.92 bits per heavy atom. The van der Waals surface area contributed by atoms with E-state index in [-0.39, 0.29) is 17.1 Å². The highest BCUT2D eigenvalue weighted by atomic mass is 16.5. The van der Waals surface area contributed by atoms with E-state index in [2.05, 4.69) is 25.6 Å². The summed E-state index contributed by atoms with van der Waals surface area (Å²) < 4.78 is 7.61. The maximum absolute atomic E-state index is 12.5. The van der Waals surface area contributed by atoms with Crippen molar-refractivity contribution in [3.05, 3.63) is 24.8 Å². The van der Waals surface area contributed by atoms with Crippen LogP contribution in [0, 0.1) is 5.41 Å². The average Bonchev–Trinajstić information content (AvgIpc) is 3.14. The molecule has 1 N–H and O–H groups in total. The number of amides is 1. The Morgan fingerprint density at radius 2 is 2.15 bits per heavy atom. The third-order valence-electron chi connectivity index (χ3n) is 6.78. The SMILES string of the molecule is COC1CN(C(=O)CC23CC(n4cnc5cnc6[nH]ccc6c54)(C2)C3)C1. The second-order valence-corrected chi connectivity index (χ2v) is 8.43. The Balaban J connectivity index is 1.23. The van der Waals surface area contributed by atoms with E-state index in [1.165, 1.54) is 5.52 Å². The first-order valence-electron chi connectivity index (χ1n) is 9.22. The fraction of sp³-hybridized carbons (Fsp3) is 0.526. The smallest absolute Gasteiger partial charge is 0.223 e. The predicted molar refractivity (Wildman–Crippen MR) is 95.6 cm³/mol. The van der Waals surface area contributed by atoms with Crippen molar-refractivity contribution in [2.75, 3.05) is 20.2 Å². The van der Waals surface area contributed by atoms with Gasteiger partial charge in [-0.2, -0.15) is 0 Å². The van der Waals surface area contributed by atoms with Crippen LogP contribution in [0.2, 0.25) is 0 Å². The van der Waals surface area contributed by atoms with Crippen LogP contribution in [0.25, 0.3) is 22.1 Å². The fourth-order valence-electron chi connectivity index (χ4n) is 5.47. The third-order valence-corrected chi connectivity index (χ3v) is 6.78. The van der Waals surface area contributed by atoms with Gasteiger partial charge in [0.15, 0.2) is 0 Å². The lowest BCUT2D eigenvalue weighted by atomic mass is 9.38. The normalized spacial score (nSPS) is 30.3. The van der Waals surface area contributed by atoms with E-state index in [1.54, 1.807) is 7.11 Å². The largest absolute Gasteiger partial charge is 0.378 e. The number of hydrogen-bond acceptors (Lipinski definition) is 4. The lowest BCUT2D eigenvalue weighted by molar-refractivity contribution is -0.198. The zero-order valence-corrected chi connectivity index (χ0v) is 14.7. The number of imidazole rings is 1. The van der Waals surface area contributed by atoms with Gasteiger partial charge in [-0.25, -0.2) is 9.97 Å². The zero-order chi connectivity index (χ0) is 17.5. The molecule has 4 aliphatic rings. The molecule has 7 heteroatoms. The van der Waals surface area contributed by atoms with Crippen LogP contribution < -0.4 is 0 Å². The van der Waals surface area contributed by atoms with Crippen LogP contribution in [0.1, 0.15) is 25.7 Å². The summed E-state index contributed by atoms with van der Waals surface area (Å²) in [5.41, 5.74) is 3.36. The molecule has 1 amide bonds. The predicted octanol–water partition coefficient (Wildman–Crippen LogP) is 2.04. The molecule has 3 aliphatic carbocycles. The molecule has 7 rings (SSSR count). The van der Waals surface area contributed by atoms with Gasteiger partial charge in [0.25, 0.3) is 0 Å². The minimum atomic E-state index is 0.143. The molecule has 134 valence electrons. The molecular weight excluding hydrogens is 330 g/mol. The van der Waals surface area contributed by atoms with Crippen LogP contribution in [-0.4, -0.2) is 56.6 Å². The van der Waals surface area contributed by atoms with Gasteiger partial charge < -0.3 is 19.2 Å². The number of nitrogens with zero attached hydrogens (tertiary/aromatic N) is 4. The zero-order valence-electron chi connectivity index (χ0n) is 14.7.